The minimum absolute atomic E-state index is 0.0204. The fourth-order valence-corrected chi connectivity index (χ4v) is 5.14. The summed E-state index contributed by atoms with van der Waals surface area (Å²) in [4.78, 5) is 12.9. The molecular formula is C19H29N3O4S. The molecule has 1 amide bonds. The fourth-order valence-electron chi connectivity index (χ4n) is 3.95. The third-order valence-corrected chi connectivity index (χ3v) is 7.43. The Bertz CT molecular complexity index is 794. The van der Waals surface area contributed by atoms with Crippen molar-refractivity contribution in [3.63, 3.8) is 0 Å². The number of fused-ring (bicyclic) bond motifs is 1. The average molecular weight is 396 g/mol. The van der Waals surface area contributed by atoms with Crippen LogP contribution in [0.2, 0.25) is 0 Å². The molecule has 0 spiro atoms. The Hall–Kier alpha value is -1.64. The van der Waals surface area contributed by atoms with E-state index in [4.69, 9.17) is 4.74 Å². The highest BCUT2D eigenvalue weighted by Gasteiger charge is 2.34. The van der Waals surface area contributed by atoms with Gasteiger partial charge in [0.25, 0.3) is 10.2 Å². The lowest BCUT2D eigenvalue weighted by Gasteiger charge is -2.34. The molecule has 1 N–H and O–H groups in total. The van der Waals surface area contributed by atoms with Gasteiger partial charge in [-0.15, -0.1) is 0 Å². The summed E-state index contributed by atoms with van der Waals surface area (Å²) in [7, 11) is 1.21. The van der Waals surface area contributed by atoms with Crippen LogP contribution in [0.1, 0.15) is 42.9 Å². The van der Waals surface area contributed by atoms with E-state index < -0.39 is 10.2 Å². The van der Waals surface area contributed by atoms with Gasteiger partial charge in [-0.25, -0.2) is 0 Å². The van der Waals surface area contributed by atoms with Crippen molar-refractivity contribution in [2.24, 2.45) is 5.92 Å². The largest absolute Gasteiger partial charge is 0.497 e. The average Bonchev–Trinajstić information content (AvgIpc) is 2.67. The molecule has 1 aliphatic heterocycles. The molecule has 1 aliphatic carbocycles. The molecule has 1 saturated heterocycles. The molecule has 27 heavy (non-hydrogen) atoms. The number of aryl methyl sites for hydroxylation is 1. The van der Waals surface area contributed by atoms with Crippen molar-refractivity contribution in [2.45, 2.75) is 38.1 Å². The number of nitrogens with zero attached hydrogens (tertiary/aromatic N) is 2. The summed E-state index contributed by atoms with van der Waals surface area (Å²) in [5.74, 6) is 0.469. The van der Waals surface area contributed by atoms with Crippen LogP contribution in [0, 0.1) is 5.92 Å². The number of carbonyl (C=O) groups is 1. The quantitative estimate of drug-likeness (QED) is 0.823. The molecule has 8 heteroatoms. The molecule has 1 heterocycles. The van der Waals surface area contributed by atoms with Gasteiger partial charge >= 0.3 is 0 Å². The first-order chi connectivity index (χ1) is 12.8. The summed E-state index contributed by atoms with van der Waals surface area (Å²) >= 11 is 0. The Morgan fingerprint density at radius 3 is 2.74 bits per heavy atom. The zero-order valence-electron chi connectivity index (χ0n) is 16.3. The summed E-state index contributed by atoms with van der Waals surface area (Å²) in [6, 6.07) is 5.98. The van der Waals surface area contributed by atoms with Crippen LogP contribution < -0.4 is 10.1 Å². The fraction of sp³-hybridized carbons (Fsp3) is 0.632. The molecule has 2 atom stereocenters. The van der Waals surface area contributed by atoms with Gasteiger partial charge in [0.05, 0.1) is 19.1 Å². The monoisotopic (exact) mass is 395 g/mol. The lowest BCUT2D eigenvalue weighted by Crippen LogP contribution is -2.49. The third kappa shape index (κ3) is 4.28. The van der Waals surface area contributed by atoms with E-state index >= 15 is 0 Å². The van der Waals surface area contributed by atoms with Crippen LogP contribution in [0.5, 0.6) is 5.75 Å². The van der Waals surface area contributed by atoms with Crippen LogP contribution >= 0.6 is 0 Å². The minimum Gasteiger partial charge on any atom is -0.497 e. The summed E-state index contributed by atoms with van der Waals surface area (Å²) in [5.41, 5.74) is 2.36. The molecule has 150 valence electrons. The number of ether oxygens (including phenoxy) is 1. The molecule has 0 aromatic heterocycles. The molecule has 0 radical (unpaired) electrons. The molecule has 3 rings (SSSR count). The number of rotatable bonds is 5. The minimum atomic E-state index is -3.48. The molecule has 1 aromatic rings. The highest BCUT2D eigenvalue weighted by atomic mass is 32.2. The maximum absolute atomic E-state index is 12.9. The smallest absolute Gasteiger partial charge is 0.281 e. The zero-order valence-corrected chi connectivity index (χ0v) is 17.1. The van der Waals surface area contributed by atoms with Crippen LogP contribution in [0.3, 0.4) is 0 Å². The predicted octanol–water partition coefficient (Wildman–Crippen LogP) is 1.71. The van der Waals surface area contributed by atoms with E-state index in [0.29, 0.717) is 19.4 Å². The number of hydrogen-bond donors (Lipinski definition) is 1. The SMILES string of the molecule is COc1ccc2c(c1)CCC[C@@H]2NC(=O)[C@@H]1CCCN(S(=O)(=O)N(C)C)C1. The van der Waals surface area contributed by atoms with Gasteiger partial charge in [-0.1, -0.05) is 6.07 Å². The van der Waals surface area contributed by atoms with E-state index in [1.807, 2.05) is 18.2 Å². The van der Waals surface area contributed by atoms with Crippen molar-refractivity contribution in [1.29, 1.82) is 0 Å². The lowest BCUT2D eigenvalue weighted by molar-refractivity contribution is -0.127. The normalized spacial score (nSPS) is 23.7. The number of piperidine rings is 1. The van der Waals surface area contributed by atoms with Crippen molar-refractivity contribution >= 4 is 16.1 Å². The van der Waals surface area contributed by atoms with Crippen LogP contribution in [0.4, 0.5) is 0 Å². The van der Waals surface area contributed by atoms with Crippen molar-refractivity contribution in [3.05, 3.63) is 29.3 Å². The van der Waals surface area contributed by atoms with E-state index in [1.165, 1.54) is 28.3 Å². The van der Waals surface area contributed by atoms with Gasteiger partial charge in [0.2, 0.25) is 5.91 Å². The van der Waals surface area contributed by atoms with E-state index in [1.54, 1.807) is 7.11 Å². The number of amides is 1. The number of hydrogen-bond acceptors (Lipinski definition) is 4. The molecule has 0 unspecified atom stereocenters. The third-order valence-electron chi connectivity index (χ3n) is 5.52. The van der Waals surface area contributed by atoms with Crippen molar-refractivity contribution in [1.82, 2.24) is 13.9 Å². The van der Waals surface area contributed by atoms with Gasteiger partial charge in [0.15, 0.2) is 0 Å². The Balaban J connectivity index is 1.69. The molecule has 1 aromatic carbocycles. The number of methoxy groups -OCH3 is 1. The maximum atomic E-state index is 12.9. The molecule has 0 bridgehead atoms. The first-order valence-electron chi connectivity index (χ1n) is 9.47. The Morgan fingerprint density at radius 2 is 2.04 bits per heavy atom. The number of nitrogens with one attached hydrogen (secondary N) is 1. The first-order valence-corrected chi connectivity index (χ1v) is 10.9. The van der Waals surface area contributed by atoms with Crippen LogP contribution in [-0.2, 0) is 21.4 Å². The highest BCUT2D eigenvalue weighted by molar-refractivity contribution is 7.86. The van der Waals surface area contributed by atoms with E-state index in [2.05, 4.69) is 5.32 Å². The predicted molar refractivity (Wildman–Crippen MR) is 104 cm³/mol. The zero-order chi connectivity index (χ0) is 19.6. The lowest BCUT2D eigenvalue weighted by atomic mass is 9.87. The molecular weight excluding hydrogens is 366 g/mol. The van der Waals surface area contributed by atoms with Gasteiger partial charge in [0.1, 0.15) is 5.75 Å². The van der Waals surface area contributed by atoms with Crippen molar-refractivity contribution in [2.75, 3.05) is 34.3 Å². The highest BCUT2D eigenvalue weighted by Crippen LogP contribution is 2.33. The van der Waals surface area contributed by atoms with Crippen LogP contribution in [0.15, 0.2) is 18.2 Å². The Labute approximate surface area is 161 Å². The van der Waals surface area contributed by atoms with Gasteiger partial charge < -0.3 is 10.1 Å². The van der Waals surface area contributed by atoms with Gasteiger partial charge in [-0.05, 0) is 55.4 Å². The Morgan fingerprint density at radius 1 is 1.26 bits per heavy atom. The van der Waals surface area contributed by atoms with Crippen LogP contribution in [0.25, 0.3) is 0 Å². The number of carbonyl (C=O) groups excluding carboxylic acids is 1. The Kier molecular flexibility index (Phi) is 6.08. The van der Waals surface area contributed by atoms with E-state index in [-0.39, 0.29) is 24.4 Å². The standard InChI is InChI=1S/C19H29N3O4S/c1-21(2)27(24,25)22-11-5-7-15(13-22)19(23)20-18-8-4-6-14-12-16(26-3)9-10-17(14)18/h9-10,12,15,18H,4-8,11,13H2,1-3H3,(H,20,23)/t15-,18+/m1/s1. The van der Waals surface area contributed by atoms with Gasteiger partial charge in [-0.2, -0.15) is 17.0 Å². The molecule has 7 nitrogen and oxygen atoms in total. The molecule has 1 fully saturated rings. The second-order valence-corrected chi connectivity index (χ2v) is 9.65. The van der Waals surface area contributed by atoms with Crippen molar-refractivity contribution < 1.29 is 17.9 Å². The van der Waals surface area contributed by atoms with E-state index in [0.717, 1.165) is 30.6 Å². The van der Waals surface area contributed by atoms with E-state index in [9.17, 15) is 13.2 Å². The summed E-state index contributed by atoms with van der Waals surface area (Å²) < 4.78 is 32.7. The first kappa shape index (κ1) is 20.1. The number of benzene rings is 1. The van der Waals surface area contributed by atoms with Crippen LogP contribution in [-0.4, -0.2) is 57.2 Å². The summed E-state index contributed by atoms with van der Waals surface area (Å²) in [6.45, 7) is 0.713. The molecule has 0 saturated carbocycles. The van der Waals surface area contributed by atoms with Gasteiger partial charge in [0, 0.05) is 27.2 Å². The second kappa shape index (κ2) is 8.16. The summed E-state index contributed by atoms with van der Waals surface area (Å²) in [5, 5.41) is 3.17. The maximum Gasteiger partial charge on any atom is 0.281 e. The topological polar surface area (TPSA) is 79.0 Å². The second-order valence-electron chi connectivity index (χ2n) is 7.51. The van der Waals surface area contributed by atoms with Crippen molar-refractivity contribution in [3.8, 4) is 5.75 Å². The molecule has 2 aliphatic rings. The van der Waals surface area contributed by atoms with Gasteiger partial charge in [-0.3, -0.25) is 4.79 Å². The summed E-state index contributed by atoms with van der Waals surface area (Å²) in [6.07, 6.45) is 4.31.